The van der Waals surface area contributed by atoms with Crippen LogP contribution in [0.2, 0.25) is 0 Å². The number of nitro groups is 1. The monoisotopic (exact) mass is 390 g/mol. The molecule has 0 radical (unpaired) electrons. The predicted octanol–water partition coefficient (Wildman–Crippen LogP) is 3.50. The van der Waals surface area contributed by atoms with Crippen LogP contribution in [0.25, 0.3) is 0 Å². The zero-order chi connectivity index (χ0) is 20.8. The van der Waals surface area contributed by atoms with Crippen molar-refractivity contribution in [2.45, 2.75) is 19.9 Å². The van der Waals surface area contributed by atoms with Crippen LogP contribution in [0.3, 0.4) is 0 Å². The number of carbonyl (C=O) groups is 1. The highest BCUT2D eigenvalue weighted by molar-refractivity contribution is 5.94. The number of carbonyl (C=O) groups excluding carboxylic acids is 1. The molecule has 0 aliphatic carbocycles. The Morgan fingerprint density at radius 1 is 0.966 bits per heavy atom. The van der Waals surface area contributed by atoms with Gasteiger partial charge in [0.2, 0.25) is 0 Å². The summed E-state index contributed by atoms with van der Waals surface area (Å²) < 4.78 is 0. The van der Waals surface area contributed by atoms with Gasteiger partial charge in [-0.3, -0.25) is 14.9 Å². The number of anilines is 1. The second-order valence-corrected chi connectivity index (χ2v) is 7.01. The van der Waals surface area contributed by atoms with Crippen LogP contribution in [-0.2, 0) is 4.79 Å². The van der Waals surface area contributed by atoms with Gasteiger partial charge in [0.25, 0.3) is 11.6 Å². The summed E-state index contributed by atoms with van der Waals surface area (Å²) >= 11 is 0. The fraction of sp³-hybridized carbons (Fsp3) is 0.174. The van der Waals surface area contributed by atoms with E-state index in [0.29, 0.717) is 5.56 Å². The maximum absolute atomic E-state index is 12.6. The Morgan fingerprint density at radius 2 is 1.62 bits per heavy atom. The minimum atomic E-state index is -0.481. The van der Waals surface area contributed by atoms with E-state index >= 15 is 0 Å². The van der Waals surface area contributed by atoms with E-state index in [9.17, 15) is 14.9 Å². The topological polar surface area (TPSA) is 88.8 Å². The van der Waals surface area contributed by atoms with E-state index < -0.39 is 4.92 Å². The number of hydrogen-bond acceptors (Lipinski definition) is 3. The number of quaternary nitrogens is 1. The van der Waals surface area contributed by atoms with Crippen molar-refractivity contribution in [2.75, 3.05) is 11.9 Å². The Kier molecular flexibility index (Phi) is 6.36. The summed E-state index contributed by atoms with van der Waals surface area (Å²) in [5.41, 5.74) is 4.16. The molecule has 3 N–H and O–H groups in total. The normalized spacial score (nSPS) is 11.7. The summed E-state index contributed by atoms with van der Waals surface area (Å²) in [4.78, 5) is 23.4. The lowest BCUT2D eigenvalue weighted by Gasteiger charge is -2.17. The summed E-state index contributed by atoms with van der Waals surface area (Å²) in [5, 5.41) is 15.9. The molecule has 0 saturated carbocycles. The molecule has 0 aliphatic heterocycles. The Labute approximate surface area is 169 Å². The molecule has 0 aromatic heterocycles. The van der Waals surface area contributed by atoms with Crippen molar-refractivity contribution in [1.82, 2.24) is 0 Å². The first-order valence-corrected chi connectivity index (χ1v) is 9.44. The number of para-hydroxylation sites is 1. The third kappa shape index (κ3) is 5.06. The second kappa shape index (κ2) is 9.12. The molecule has 29 heavy (non-hydrogen) atoms. The van der Waals surface area contributed by atoms with Gasteiger partial charge in [-0.05, 0) is 19.4 Å². The van der Waals surface area contributed by atoms with Crippen LogP contribution >= 0.6 is 0 Å². The number of nitro benzene ring substituents is 1. The number of benzene rings is 3. The van der Waals surface area contributed by atoms with Crippen molar-refractivity contribution in [3.63, 3.8) is 0 Å². The quantitative estimate of drug-likeness (QED) is 0.478. The van der Waals surface area contributed by atoms with E-state index in [2.05, 4.69) is 29.6 Å². The highest BCUT2D eigenvalue weighted by Crippen LogP contribution is 2.27. The lowest BCUT2D eigenvalue weighted by molar-refractivity contribution is -0.676. The van der Waals surface area contributed by atoms with Crippen LogP contribution in [0.4, 0.5) is 11.4 Å². The van der Waals surface area contributed by atoms with E-state index in [1.54, 1.807) is 19.1 Å². The van der Waals surface area contributed by atoms with E-state index in [-0.39, 0.29) is 29.9 Å². The molecule has 0 aliphatic rings. The molecule has 0 fully saturated rings. The fourth-order valence-electron chi connectivity index (χ4n) is 3.28. The molecule has 1 amide bonds. The van der Waals surface area contributed by atoms with E-state index in [4.69, 9.17) is 0 Å². The third-order valence-corrected chi connectivity index (χ3v) is 4.85. The minimum Gasteiger partial charge on any atom is -0.328 e. The smallest absolute Gasteiger partial charge is 0.293 e. The fourth-order valence-corrected chi connectivity index (χ4v) is 3.28. The molecular formula is C23H24N3O3+. The predicted molar refractivity (Wildman–Crippen MR) is 113 cm³/mol. The standard InChI is InChI=1S/C23H23N3O3/c1-16-11-13-19(14-12-16)23(18-8-4-3-5-9-18)24-15-21(27)25-22-17(2)7-6-10-20(22)26(28)29/h3-14,23-24H,15H2,1-2H3,(H,25,27)/p+1/t23-/m1/s1. The van der Waals surface area contributed by atoms with Crippen molar-refractivity contribution in [3.05, 3.63) is 105 Å². The van der Waals surface area contributed by atoms with Gasteiger partial charge in [0.15, 0.2) is 6.54 Å². The van der Waals surface area contributed by atoms with Crippen molar-refractivity contribution >= 4 is 17.3 Å². The van der Waals surface area contributed by atoms with Gasteiger partial charge < -0.3 is 10.6 Å². The Morgan fingerprint density at radius 3 is 2.28 bits per heavy atom. The molecule has 0 heterocycles. The molecule has 3 aromatic rings. The van der Waals surface area contributed by atoms with Gasteiger partial charge in [0, 0.05) is 17.2 Å². The largest absolute Gasteiger partial charge is 0.328 e. The number of rotatable bonds is 7. The van der Waals surface area contributed by atoms with Gasteiger partial charge >= 0.3 is 0 Å². The van der Waals surface area contributed by atoms with Gasteiger partial charge in [-0.1, -0.05) is 72.3 Å². The summed E-state index contributed by atoms with van der Waals surface area (Å²) in [6.07, 6.45) is 0. The maximum atomic E-state index is 12.6. The van der Waals surface area contributed by atoms with Gasteiger partial charge in [0.05, 0.1) is 4.92 Å². The molecule has 0 unspecified atom stereocenters. The van der Waals surface area contributed by atoms with Gasteiger partial charge in [-0.25, -0.2) is 0 Å². The summed E-state index contributed by atoms with van der Waals surface area (Å²) in [6.45, 7) is 3.91. The Balaban J connectivity index is 1.77. The Hall–Kier alpha value is -3.51. The molecule has 3 aromatic carbocycles. The highest BCUT2D eigenvalue weighted by atomic mass is 16.6. The molecule has 0 saturated heterocycles. The molecule has 6 heteroatoms. The zero-order valence-corrected chi connectivity index (χ0v) is 16.5. The summed E-state index contributed by atoms with van der Waals surface area (Å²) in [5.74, 6) is -0.282. The summed E-state index contributed by atoms with van der Waals surface area (Å²) in [6, 6.07) is 22.9. The minimum absolute atomic E-state index is 0.0468. The zero-order valence-electron chi connectivity index (χ0n) is 16.5. The van der Waals surface area contributed by atoms with Gasteiger partial charge in [-0.2, -0.15) is 0 Å². The Bertz CT molecular complexity index is 1000. The molecule has 3 rings (SSSR count). The third-order valence-electron chi connectivity index (χ3n) is 4.85. The lowest BCUT2D eigenvalue weighted by atomic mass is 9.98. The number of hydrogen-bond donors (Lipinski definition) is 2. The lowest BCUT2D eigenvalue weighted by Crippen LogP contribution is -2.87. The maximum Gasteiger partial charge on any atom is 0.293 e. The first-order valence-electron chi connectivity index (χ1n) is 9.44. The SMILES string of the molecule is Cc1ccc([C@H]([NH2+]CC(=O)Nc2c(C)cccc2[N+](=O)[O-])c2ccccc2)cc1. The van der Waals surface area contributed by atoms with Crippen molar-refractivity contribution in [1.29, 1.82) is 0 Å². The van der Waals surface area contributed by atoms with E-state index in [1.165, 1.54) is 11.6 Å². The van der Waals surface area contributed by atoms with Crippen LogP contribution in [0.1, 0.15) is 28.3 Å². The second-order valence-electron chi connectivity index (χ2n) is 7.01. The molecule has 1 atom stereocenters. The number of aryl methyl sites for hydroxylation is 2. The molecule has 148 valence electrons. The number of amides is 1. The molecule has 0 spiro atoms. The summed E-state index contributed by atoms with van der Waals surface area (Å²) in [7, 11) is 0. The number of nitrogens with zero attached hydrogens (tertiary/aromatic N) is 1. The van der Waals surface area contributed by atoms with Gasteiger partial charge in [-0.15, -0.1) is 0 Å². The molecule has 0 bridgehead atoms. The average Bonchev–Trinajstić information content (AvgIpc) is 2.71. The average molecular weight is 390 g/mol. The van der Waals surface area contributed by atoms with Crippen LogP contribution in [-0.4, -0.2) is 17.4 Å². The van der Waals surface area contributed by atoms with Crippen molar-refractivity contribution in [3.8, 4) is 0 Å². The first-order chi connectivity index (χ1) is 14.0. The van der Waals surface area contributed by atoms with E-state index in [0.717, 1.165) is 11.1 Å². The van der Waals surface area contributed by atoms with Crippen LogP contribution < -0.4 is 10.6 Å². The first kappa shape index (κ1) is 20.2. The number of nitrogens with one attached hydrogen (secondary N) is 1. The molecular weight excluding hydrogens is 366 g/mol. The van der Waals surface area contributed by atoms with Gasteiger partial charge in [0.1, 0.15) is 11.7 Å². The molecule has 6 nitrogen and oxygen atoms in total. The highest BCUT2D eigenvalue weighted by Gasteiger charge is 2.21. The van der Waals surface area contributed by atoms with E-state index in [1.807, 2.05) is 42.6 Å². The van der Waals surface area contributed by atoms with Crippen LogP contribution in [0.15, 0.2) is 72.8 Å². The van der Waals surface area contributed by atoms with Crippen LogP contribution in [0.5, 0.6) is 0 Å². The van der Waals surface area contributed by atoms with Crippen LogP contribution in [0, 0.1) is 24.0 Å². The number of nitrogens with two attached hydrogens (primary N) is 1. The van der Waals surface area contributed by atoms with Crippen molar-refractivity contribution < 1.29 is 15.0 Å². The van der Waals surface area contributed by atoms with Crippen molar-refractivity contribution in [2.24, 2.45) is 0 Å².